The van der Waals surface area contributed by atoms with E-state index in [-0.39, 0.29) is 5.56 Å². The maximum Gasteiger partial charge on any atom is 0.283 e. The van der Waals surface area contributed by atoms with Crippen LogP contribution in [0.3, 0.4) is 0 Å². The summed E-state index contributed by atoms with van der Waals surface area (Å²) in [4.78, 5) is 26.5. The van der Waals surface area contributed by atoms with Gasteiger partial charge in [-0.3, -0.25) is 14.3 Å². The highest BCUT2D eigenvalue weighted by Gasteiger charge is 2.18. The summed E-state index contributed by atoms with van der Waals surface area (Å²) in [5, 5.41) is 1.19. The highest BCUT2D eigenvalue weighted by Crippen LogP contribution is 2.29. The van der Waals surface area contributed by atoms with E-state index in [4.69, 9.17) is 4.98 Å². The van der Waals surface area contributed by atoms with Crippen LogP contribution >= 0.6 is 11.8 Å². The molecule has 0 atom stereocenters. The first kappa shape index (κ1) is 19.3. The van der Waals surface area contributed by atoms with Gasteiger partial charge in [0.05, 0.1) is 16.8 Å². The Morgan fingerprint density at radius 1 is 0.966 bits per heavy atom. The topological polar surface area (TPSA) is 60.7 Å². The van der Waals surface area contributed by atoms with Crippen molar-refractivity contribution in [3.05, 3.63) is 87.1 Å². The molecular formula is C23H22N4OS. The van der Waals surface area contributed by atoms with E-state index >= 15 is 0 Å². The van der Waals surface area contributed by atoms with Gasteiger partial charge in [-0.05, 0) is 68.7 Å². The Hall–Kier alpha value is -2.99. The van der Waals surface area contributed by atoms with E-state index in [1.165, 1.54) is 17.3 Å². The molecule has 0 saturated heterocycles. The Morgan fingerprint density at radius 2 is 1.79 bits per heavy atom. The Morgan fingerprint density at radius 3 is 2.55 bits per heavy atom. The maximum atomic E-state index is 12.9. The maximum absolute atomic E-state index is 12.9. The van der Waals surface area contributed by atoms with Gasteiger partial charge < -0.3 is 0 Å². The summed E-state index contributed by atoms with van der Waals surface area (Å²) in [7, 11) is 0. The summed E-state index contributed by atoms with van der Waals surface area (Å²) in [6, 6.07) is 13.9. The van der Waals surface area contributed by atoms with E-state index in [1.54, 1.807) is 6.20 Å². The minimum atomic E-state index is -0.241. The number of rotatable bonds is 4. The summed E-state index contributed by atoms with van der Waals surface area (Å²) in [6.45, 7) is 8.06. The Labute approximate surface area is 173 Å². The van der Waals surface area contributed by atoms with Crippen LogP contribution in [0.1, 0.15) is 28.1 Å². The second-order valence-corrected chi connectivity index (χ2v) is 8.09. The number of fused-ring (bicyclic) bond motifs is 1. The van der Waals surface area contributed by atoms with Gasteiger partial charge in [0.1, 0.15) is 0 Å². The van der Waals surface area contributed by atoms with Gasteiger partial charge in [0.25, 0.3) is 5.56 Å². The summed E-state index contributed by atoms with van der Waals surface area (Å²) in [6.07, 6.45) is 1.77. The van der Waals surface area contributed by atoms with Crippen LogP contribution in [0.15, 0.2) is 58.6 Å². The van der Waals surface area contributed by atoms with Crippen molar-refractivity contribution in [2.24, 2.45) is 0 Å². The molecule has 0 aliphatic carbocycles. The van der Waals surface area contributed by atoms with Gasteiger partial charge in [-0.25, -0.2) is 4.98 Å². The lowest BCUT2D eigenvalue weighted by molar-refractivity contribution is 0.828. The molecule has 5 nitrogen and oxygen atoms in total. The molecule has 1 aromatic carbocycles. The number of hydrogen-bond acceptors (Lipinski definition) is 5. The van der Waals surface area contributed by atoms with E-state index in [2.05, 4.69) is 35.9 Å². The number of thioether (sulfide) groups is 1. The van der Waals surface area contributed by atoms with E-state index in [0.717, 1.165) is 28.2 Å². The molecule has 3 aromatic heterocycles. The summed E-state index contributed by atoms with van der Waals surface area (Å²) in [5.74, 6) is 0.619. The molecule has 0 N–H and O–H groups in total. The molecule has 0 unspecified atom stereocenters. The fourth-order valence-corrected chi connectivity index (χ4v) is 4.35. The van der Waals surface area contributed by atoms with Crippen molar-refractivity contribution in [3.8, 4) is 5.69 Å². The predicted octanol–water partition coefficient (Wildman–Crippen LogP) is 4.70. The summed E-state index contributed by atoms with van der Waals surface area (Å²) in [5.41, 5.74) is 6.43. The lowest BCUT2D eigenvalue weighted by Gasteiger charge is -2.18. The molecule has 146 valence electrons. The monoisotopic (exact) mass is 402 g/mol. The largest absolute Gasteiger partial charge is 0.283 e. The van der Waals surface area contributed by atoms with E-state index in [0.29, 0.717) is 21.9 Å². The third-order valence-corrected chi connectivity index (χ3v) is 6.00. The van der Waals surface area contributed by atoms with Crippen LogP contribution in [-0.2, 0) is 5.75 Å². The van der Waals surface area contributed by atoms with Crippen molar-refractivity contribution in [2.75, 3.05) is 0 Å². The zero-order chi connectivity index (χ0) is 20.5. The molecule has 0 radical (unpaired) electrons. The molecule has 0 saturated carbocycles. The lowest BCUT2D eigenvalue weighted by atomic mass is 10.1. The van der Waals surface area contributed by atoms with Gasteiger partial charge in [0.15, 0.2) is 10.8 Å². The van der Waals surface area contributed by atoms with Crippen molar-refractivity contribution < 1.29 is 0 Å². The van der Waals surface area contributed by atoms with Gasteiger partial charge in [-0.1, -0.05) is 30.0 Å². The number of aromatic nitrogens is 4. The fraction of sp³-hybridized carbons (Fsp3) is 0.217. The zero-order valence-electron chi connectivity index (χ0n) is 16.9. The van der Waals surface area contributed by atoms with E-state index < -0.39 is 0 Å². The number of benzene rings is 1. The van der Waals surface area contributed by atoms with Crippen molar-refractivity contribution in [1.29, 1.82) is 0 Å². The van der Waals surface area contributed by atoms with Gasteiger partial charge in [-0.2, -0.15) is 4.98 Å². The van der Waals surface area contributed by atoms with Crippen LogP contribution in [0.5, 0.6) is 0 Å². The van der Waals surface area contributed by atoms with Crippen LogP contribution in [0, 0.1) is 27.7 Å². The van der Waals surface area contributed by atoms with E-state index in [9.17, 15) is 4.79 Å². The Balaban J connectivity index is 1.99. The van der Waals surface area contributed by atoms with Crippen molar-refractivity contribution in [3.63, 3.8) is 0 Å². The first-order chi connectivity index (χ1) is 14.0. The van der Waals surface area contributed by atoms with Crippen molar-refractivity contribution >= 4 is 22.8 Å². The smallest absolute Gasteiger partial charge is 0.272 e. The molecule has 4 rings (SSSR count). The second kappa shape index (κ2) is 7.79. The molecule has 4 aromatic rings. The third-order valence-electron chi connectivity index (χ3n) is 5.03. The van der Waals surface area contributed by atoms with Crippen LogP contribution in [-0.4, -0.2) is 19.5 Å². The number of hydrogen-bond donors (Lipinski definition) is 0. The molecule has 0 amide bonds. The van der Waals surface area contributed by atoms with E-state index in [1.807, 2.05) is 48.7 Å². The normalized spacial score (nSPS) is 11.2. The summed E-state index contributed by atoms with van der Waals surface area (Å²) >= 11 is 1.50. The molecule has 0 aliphatic rings. The average Bonchev–Trinajstić information content (AvgIpc) is 2.69. The first-order valence-electron chi connectivity index (χ1n) is 9.46. The third kappa shape index (κ3) is 3.68. The molecule has 0 aliphatic heterocycles. The SMILES string of the molecule is Cc1cc(C)c2c(=O)nc(SCc3ccccn3)n(-c3cccc(C)c3C)c2n1. The molecule has 3 heterocycles. The van der Waals surface area contributed by atoms with Crippen LogP contribution in [0.2, 0.25) is 0 Å². The quantitative estimate of drug-likeness (QED) is 0.366. The standard InChI is InChI=1S/C23H22N4OS/c1-14-8-7-10-19(17(14)4)27-21-20(15(2)12-16(3)25-21)22(28)26-23(27)29-13-18-9-5-6-11-24-18/h5-12H,13H2,1-4H3. The number of pyridine rings is 2. The van der Waals surface area contributed by atoms with Crippen molar-refractivity contribution in [1.82, 2.24) is 19.5 Å². The van der Waals surface area contributed by atoms with Crippen LogP contribution < -0.4 is 5.56 Å². The zero-order valence-corrected chi connectivity index (χ0v) is 17.7. The van der Waals surface area contributed by atoms with Crippen molar-refractivity contribution in [2.45, 2.75) is 38.6 Å². The fourth-order valence-electron chi connectivity index (χ4n) is 3.44. The van der Waals surface area contributed by atoms with Gasteiger partial charge in [-0.15, -0.1) is 0 Å². The second-order valence-electron chi connectivity index (χ2n) is 7.14. The lowest BCUT2D eigenvalue weighted by Crippen LogP contribution is -2.18. The molecule has 29 heavy (non-hydrogen) atoms. The first-order valence-corrected chi connectivity index (χ1v) is 10.4. The number of aryl methyl sites for hydroxylation is 3. The predicted molar refractivity (Wildman–Crippen MR) is 118 cm³/mol. The van der Waals surface area contributed by atoms with Gasteiger partial charge in [0, 0.05) is 17.6 Å². The highest BCUT2D eigenvalue weighted by molar-refractivity contribution is 7.98. The molecule has 6 heteroatoms. The number of nitrogens with zero attached hydrogens (tertiary/aromatic N) is 4. The van der Waals surface area contributed by atoms with Crippen LogP contribution in [0.4, 0.5) is 0 Å². The van der Waals surface area contributed by atoms with Crippen LogP contribution in [0.25, 0.3) is 16.7 Å². The minimum Gasteiger partial charge on any atom is -0.272 e. The molecule has 0 fully saturated rings. The summed E-state index contributed by atoms with van der Waals surface area (Å²) < 4.78 is 2.02. The minimum absolute atomic E-state index is 0.241. The molecule has 0 spiro atoms. The van der Waals surface area contributed by atoms with Gasteiger partial charge in [0.2, 0.25) is 0 Å². The molecule has 0 bridgehead atoms. The highest BCUT2D eigenvalue weighted by atomic mass is 32.2. The Kier molecular flexibility index (Phi) is 5.20. The Bertz CT molecular complexity index is 1270. The van der Waals surface area contributed by atoms with Gasteiger partial charge >= 0.3 is 0 Å². The molecular weight excluding hydrogens is 380 g/mol. The average molecular weight is 403 g/mol.